The van der Waals surface area contributed by atoms with Crippen molar-refractivity contribution >= 4 is 5.71 Å². The Hall–Kier alpha value is -1.31. The summed E-state index contributed by atoms with van der Waals surface area (Å²) in [4.78, 5) is 5.84. The molecule has 2 nitrogen and oxygen atoms in total. The van der Waals surface area contributed by atoms with E-state index in [9.17, 15) is 0 Å². The zero-order chi connectivity index (χ0) is 13.4. The molecule has 1 aliphatic carbocycles. The number of oxime groups is 1. The van der Waals surface area contributed by atoms with Crippen LogP contribution < -0.4 is 0 Å². The van der Waals surface area contributed by atoms with Crippen LogP contribution in [0.25, 0.3) is 0 Å². The summed E-state index contributed by atoms with van der Waals surface area (Å²) in [6.07, 6.45) is 2.14. The van der Waals surface area contributed by atoms with E-state index in [1.807, 2.05) is 13.8 Å². The molecule has 3 rings (SSSR count). The number of benzene rings is 1. The third-order valence-electron chi connectivity index (χ3n) is 4.45. The molecular formula is C16H23NO. The summed E-state index contributed by atoms with van der Waals surface area (Å²) in [7, 11) is 0. The van der Waals surface area contributed by atoms with E-state index in [4.69, 9.17) is 4.84 Å². The Kier molecular flexibility index (Phi) is 3.22. The Morgan fingerprint density at radius 2 is 1.83 bits per heavy atom. The maximum absolute atomic E-state index is 5.84. The Balaban J connectivity index is 0.000000574. The Morgan fingerprint density at radius 1 is 1.17 bits per heavy atom. The minimum absolute atomic E-state index is 0.000394. The van der Waals surface area contributed by atoms with Gasteiger partial charge in [0.2, 0.25) is 0 Å². The van der Waals surface area contributed by atoms with E-state index in [2.05, 4.69) is 50.2 Å². The summed E-state index contributed by atoms with van der Waals surface area (Å²) in [5, 5.41) is 4.24. The summed E-state index contributed by atoms with van der Waals surface area (Å²) >= 11 is 0. The third-order valence-corrected chi connectivity index (χ3v) is 4.45. The number of nitrogens with zero attached hydrogens (tertiary/aromatic N) is 1. The van der Waals surface area contributed by atoms with E-state index < -0.39 is 0 Å². The molecule has 2 aliphatic rings. The van der Waals surface area contributed by atoms with E-state index in [1.165, 1.54) is 11.1 Å². The molecule has 0 saturated carbocycles. The molecule has 0 saturated heterocycles. The summed E-state index contributed by atoms with van der Waals surface area (Å²) < 4.78 is 0. The van der Waals surface area contributed by atoms with Gasteiger partial charge in [0.25, 0.3) is 0 Å². The maximum atomic E-state index is 5.84. The molecular weight excluding hydrogens is 222 g/mol. The fraction of sp³-hybridized carbons (Fsp3) is 0.562. The van der Waals surface area contributed by atoms with Crippen LogP contribution in [-0.4, -0.2) is 5.71 Å². The summed E-state index contributed by atoms with van der Waals surface area (Å²) in [5.41, 5.74) is 3.64. The lowest BCUT2D eigenvalue weighted by molar-refractivity contribution is -0.0759. The molecule has 0 N–H and O–H groups in total. The molecule has 18 heavy (non-hydrogen) atoms. The van der Waals surface area contributed by atoms with Crippen molar-refractivity contribution in [2.45, 2.75) is 53.1 Å². The van der Waals surface area contributed by atoms with Crippen LogP contribution in [0.4, 0.5) is 0 Å². The molecule has 1 heterocycles. The molecule has 0 aromatic heterocycles. The van der Waals surface area contributed by atoms with Crippen molar-refractivity contribution < 1.29 is 4.84 Å². The highest BCUT2D eigenvalue weighted by atomic mass is 16.7. The fourth-order valence-electron chi connectivity index (χ4n) is 2.99. The topological polar surface area (TPSA) is 21.6 Å². The van der Waals surface area contributed by atoms with Gasteiger partial charge in [-0.1, -0.05) is 57.1 Å². The summed E-state index contributed by atoms with van der Waals surface area (Å²) in [5.74, 6) is 0. The lowest BCUT2D eigenvalue weighted by Gasteiger charge is -2.36. The second kappa shape index (κ2) is 4.42. The van der Waals surface area contributed by atoms with Gasteiger partial charge in [0.1, 0.15) is 0 Å². The number of rotatable bonds is 0. The maximum Gasteiger partial charge on any atom is 0.173 e. The van der Waals surface area contributed by atoms with Crippen LogP contribution in [0.2, 0.25) is 0 Å². The number of fused-ring (bicyclic) bond motifs is 2. The monoisotopic (exact) mass is 245 g/mol. The smallest absolute Gasteiger partial charge is 0.173 e. The van der Waals surface area contributed by atoms with E-state index in [0.717, 1.165) is 18.6 Å². The lowest BCUT2D eigenvalue weighted by atomic mass is 9.69. The van der Waals surface area contributed by atoms with Crippen LogP contribution in [0.1, 0.15) is 52.2 Å². The second-order valence-electron chi connectivity index (χ2n) is 5.38. The first kappa shape index (κ1) is 13.1. The average Bonchev–Trinajstić information content (AvgIpc) is 2.88. The van der Waals surface area contributed by atoms with Gasteiger partial charge in [-0.05, 0) is 25.3 Å². The van der Waals surface area contributed by atoms with E-state index in [0.29, 0.717) is 0 Å². The fourth-order valence-corrected chi connectivity index (χ4v) is 2.99. The van der Waals surface area contributed by atoms with Gasteiger partial charge in [0.15, 0.2) is 5.60 Å². The summed E-state index contributed by atoms with van der Waals surface area (Å²) in [6.45, 7) is 10.5. The number of aryl methyl sites for hydroxylation is 1. The number of hydrogen-bond donors (Lipinski definition) is 0. The summed E-state index contributed by atoms with van der Waals surface area (Å²) in [6, 6.07) is 8.60. The molecule has 1 spiro atoms. The molecule has 1 atom stereocenters. The van der Waals surface area contributed by atoms with Gasteiger partial charge in [-0.25, -0.2) is 0 Å². The van der Waals surface area contributed by atoms with Gasteiger partial charge >= 0.3 is 0 Å². The first-order valence-electron chi connectivity index (χ1n) is 6.89. The molecule has 98 valence electrons. The van der Waals surface area contributed by atoms with Crippen LogP contribution in [0.5, 0.6) is 0 Å². The van der Waals surface area contributed by atoms with Gasteiger partial charge < -0.3 is 4.84 Å². The van der Waals surface area contributed by atoms with Crippen LogP contribution in [0, 0.1) is 5.41 Å². The molecule has 0 amide bonds. The molecule has 1 aromatic rings. The average molecular weight is 245 g/mol. The largest absolute Gasteiger partial charge is 0.383 e. The van der Waals surface area contributed by atoms with Gasteiger partial charge in [-0.3, -0.25) is 0 Å². The minimum atomic E-state index is -0.215. The van der Waals surface area contributed by atoms with Crippen molar-refractivity contribution in [2.24, 2.45) is 10.6 Å². The van der Waals surface area contributed by atoms with Gasteiger partial charge in [0, 0.05) is 5.56 Å². The van der Waals surface area contributed by atoms with E-state index in [1.54, 1.807) is 0 Å². The first-order valence-corrected chi connectivity index (χ1v) is 6.89. The van der Waals surface area contributed by atoms with Gasteiger partial charge in [-0.15, -0.1) is 0 Å². The number of hydrogen-bond acceptors (Lipinski definition) is 2. The molecule has 0 radical (unpaired) electrons. The quantitative estimate of drug-likeness (QED) is 0.668. The third kappa shape index (κ3) is 1.51. The normalized spacial score (nSPS) is 27.1. The van der Waals surface area contributed by atoms with Gasteiger partial charge in [0.05, 0.1) is 11.1 Å². The van der Waals surface area contributed by atoms with Crippen molar-refractivity contribution in [1.82, 2.24) is 0 Å². The molecule has 1 unspecified atom stereocenters. The van der Waals surface area contributed by atoms with Crippen molar-refractivity contribution in [3.63, 3.8) is 0 Å². The van der Waals surface area contributed by atoms with Crippen LogP contribution in [-0.2, 0) is 16.9 Å². The molecule has 1 aromatic carbocycles. The van der Waals surface area contributed by atoms with Crippen LogP contribution >= 0.6 is 0 Å². The molecule has 0 bridgehead atoms. The molecule has 2 heteroatoms. The van der Waals surface area contributed by atoms with Crippen molar-refractivity contribution in [3.8, 4) is 0 Å². The Labute approximate surface area is 110 Å². The predicted octanol–water partition coefficient (Wildman–Crippen LogP) is 4.29. The van der Waals surface area contributed by atoms with Crippen molar-refractivity contribution in [1.29, 1.82) is 0 Å². The predicted molar refractivity (Wildman–Crippen MR) is 75.8 cm³/mol. The highest BCUT2D eigenvalue weighted by Crippen LogP contribution is 2.55. The second-order valence-corrected chi connectivity index (χ2v) is 5.38. The zero-order valence-electron chi connectivity index (χ0n) is 12.1. The van der Waals surface area contributed by atoms with Crippen LogP contribution in [0.3, 0.4) is 0 Å². The Bertz CT molecular complexity index is 476. The highest BCUT2D eigenvalue weighted by Gasteiger charge is 2.57. The standard InChI is InChI=1S/C14H17NO.C2H6/c1-10-13(2,3)14(16-15-10)9-8-11-6-4-5-7-12(11)14;1-2/h4-7H,8-9H2,1-3H3;1-2H3. The minimum Gasteiger partial charge on any atom is -0.383 e. The zero-order valence-corrected chi connectivity index (χ0v) is 12.1. The first-order chi connectivity index (χ1) is 8.58. The SMILES string of the molecule is CC.CC1=NOC2(CCc3ccccc32)C1(C)C. The lowest BCUT2D eigenvalue weighted by Crippen LogP contribution is -2.41. The Morgan fingerprint density at radius 3 is 2.44 bits per heavy atom. The van der Waals surface area contributed by atoms with Crippen molar-refractivity contribution in [2.75, 3.05) is 0 Å². The van der Waals surface area contributed by atoms with Gasteiger partial charge in [-0.2, -0.15) is 0 Å². The highest BCUT2D eigenvalue weighted by molar-refractivity contribution is 5.90. The molecule has 1 aliphatic heterocycles. The van der Waals surface area contributed by atoms with Crippen molar-refractivity contribution in [3.05, 3.63) is 35.4 Å². The van der Waals surface area contributed by atoms with E-state index >= 15 is 0 Å². The molecule has 0 fully saturated rings. The van der Waals surface area contributed by atoms with E-state index in [-0.39, 0.29) is 11.0 Å². The van der Waals surface area contributed by atoms with Crippen LogP contribution in [0.15, 0.2) is 29.4 Å².